The van der Waals surface area contributed by atoms with E-state index >= 15 is 0 Å². The van der Waals surface area contributed by atoms with E-state index in [9.17, 15) is 0 Å². The van der Waals surface area contributed by atoms with E-state index in [4.69, 9.17) is 5.73 Å². The van der Waals surface area contributed by atoms with Crippen molar-refractivity contribution in [3.05, 3.63) is 0 Å². The minimum absolute atomic E-state index is 0.445. The smallest absolute Gasteiger partial charge is 0.0201 e. The molecule has 3 atom stereocenters. The number of rotatable bonds is 4. The van der Waals surface area contributed by atoms with Gasteiger partial charge in [0, 0.05) is 11.3 Å². The van der Waals surface area contributed by atoms with Gasteiger partial charge in [-0.3, -0.25) is 0 Å². The van der Waals surface area contributed by atoms with E-state index in [1.165, 1.54) is 37.9 Å². The summed E-state index contributed by atoms with van der Waals surface area (Å²) in [6, 6.07) is 0.445. The molecule has 3 unspecified atom stereocenters. The first-order chi connectivity index (χ1) is 7.45. The first-order valence-electron chi connectivity index (χ1n) is 6.82. The largest absolute Gasteiger partial charge is 0.327 e. The molecule has 16 heavy (non-hydrogen) atoms. The van der Waals surface area contributed by atoms with Gasteiger partial charge in [0.15, 0.2) is 0 Å². The SMILES string of the molecule is CCCCSC1CC(C(C)(C)C)CCC1N. The molecule has 1 saturated carbocycles. The third kappa shape index (κ3) is 4.29. The summed E-state index contributed by atoms with van der Waals surface area (Å²) < 4.78 is 0. The van der Waals surface area contributed by atoms with Gasteiger partial charge in [-0.05, 0) is 42.8 Å². The predicted molar refractivity (Wildman–Crippen MR) is 75.9 cm³/mol. The van der Waals surface area contributed by atoms with Crippen LogP contribution in [0.3, 0.4) is 0 Å². The fourth-order valence-electron chi connectivity index (χ4n) is 2.51. The van der Waals surface area contributed by atoms with E-state index in [1.54, 1.807) is 0 Å². The van der Waals surface area contributed by atoms with Crippen LogP contribution >= 0.6 is 11.8 Å². The molecule has 0 spiro atoms. The van der Waals surface area contributed by atoms with Crippen LogP contribution in [0.2, 0.25) is 0 Å². The topological polar surface area (TPSA) is 26.0 Å². The summed E-state index contributed by atoms with van der Waals surface area (Å²) in [6.45, 7) is 9.39. The molecule has 0 saturated heterocycles. The molecule has 1 aliphatic carbocycles. The van der Waals surface area contributed by atoms with Crippen LogP contribution in [0.5, 0.6) is 0 Å². The minimum Gasteiger partial charge on any atom is -0.327 e. The zero-order valence-corrected chi connectivity index (χ0v) is 12.3. The van der Waals surface area contributed by atoms with Crippen molar-refractivity contribution < 1.29 is 0 Å². The monoisotopic (exact) mass is 243 g/mol. The Morgan fingerprint density at radius 3 is 2.50 bits per heavy atom. The van der Waals surface area contributed by atoms with Crippen LogP contribution in [0, 0.1) is 11.3 Å². The van der Waals surface area contributed by atoms with Crippen molar-refractivity contribution in [3.63, 3.8) is 0 Å². The average molecular weight is 243 g/mol. The zero-order chi connectivity index (χ0) is 12.2. The quantitative estimate of drug-likeness (QED) is 0.754. The van der Waals surface area contributed by atoms with Gasteiger partial charge in [-0.2, -0.15) is 11.8 Å². The molecule has 2 N–H and O–H groups in total. The Morgan fingerprint density at radius 1 is 1.25 bits per heavy atom. The number of hydrogen-bond donors (Lipinski definition) is 1. The Morgan fingerprint density at radius 2 is 1.94 bits per heavy atom. The standard InChI is InChI=1S/C14H29NS/c1-5-6-9-16-13-10-11(14(2,3)4)7-8-12(13)15/h11-13H,5-10,15H2,1-4H3. The van der Waals surface area contributed by atoms with Crippen LogP contribution in [-0.2, 0) is 0 Å². The molecule has 0 aliphatic heterocycles. The summed E-state index contributed by atoms with van der Waals surface area (Å²) in [7, 11) is 0. The highest BCUT2D eigenvalue weighted by atomic mass is 32.2. The molecule has 0 heterocycles. The van der Waals surface area contributed by atoms with E-state index < -0.39 is 0 Å². The van der Waals surface area contributed by atoms with Crippen LogP contribution in [0.1, 0.15) is 59.8 Å². The van der Waals surface area contributed by atoms with Crippen molar-refractivity contribution in [1.29, 1.82) is 0 Å². The summed E-state index contributed by atoms with van der Waals surface area (Å²) in [5.41, 5.74) is 6.71. The number of unbranched alkanes of at least 4 members (excludes halogenated alkanes) is 1. The van der Waals surface area contributed by atoms with Crippen LogP contribution in [0.25, 0.3) is 0 Å². The van der Waals surface area contributed by atoms with Crippen LogP contribution < -0.4 is 5.73 Å². The summed E-state index contributed by atoms with van der Waals surface area (Å²) >= 11 is 2.12. The molecule has 0 bridgehead atoms. The maximum Gasteiger partial charge on any atom is 0.0201 e. The fourth-order valence-corrected chi connectivity index (χ4v) is 4.02. The van der Waals surface area contributed by atoms with Gasteiger partial charge in [-0.25, -0.2) is 0 Å². The van der Waals surface area contributed by atoms with Crippen molar-refractivity contribution in [3.8, 4) is 0 Å². The molecule has 1 fully saturated rings. The number of hydrogen-bond acceptors (Lipinski definition) is 2. The molecule has 1 nitrogen and oxygen atoms in total. The molecule has 2 heteroatoms. The molecule has 0 radical (unpaired) electrons. The summed E-state index contributed by atoms with van der Waals surface area (Å²) in [4.78, 5) is 0. The molecule has 0 aromatic heterocycles. The summed E-state index contributed by atoms with van der Waals surface area (Å²) in [6.07, 6.45) is 6.53. The Balaban J connectivity index is 2.42. The van der Waals surface area contributed by atoms with E-state index in [-0.39, 0.29) is 0 Å². The molecular formula is C14H29NS. The highest BCUT2D eigenvalue weighted by molar-refractivity contribution is 7.99. The fraction of sp³-hybridized carbons (Fsp3) is 1.00. The molecule has 0 aromatic carbocycles. The van der Waals surface area contributed by atoms with Crippen molar-refractivity contribution in [2.75, 3.05) is 5.75 Å². The Bertz CT molecular complexity index is 197. The predicted octanol–water partition coefficient (Wildman–Crippen LogP) is 4.06. The molecule has 0 amide bonds. The third-order valence-corrected chi connectivity index (χ3v) is 5.39. The number of nitrogens with two attached hydrogens (primary N) is 1. The highest BCUT2D eigenvalue weighted by Gasteiger charge is 2.34. The first kappa shape index (κ1) is 14.4. The third-order valence-electron chi connectivity index (χ3n) is 3.90. The lowest BCUT2D eigenvalue weighted by atomic mass is 9.71. The summed E-state index contributed by atoms with van der Waals surface area (Å²) in [5.74, 6) is 2.16. The lowest BCUT2D eigenvalue weighted by molar-refractivity contribution is 0.174. The van der Waals surface area contributed by atoms with Gasteiger partial charge in [0.25, 0.3) is 0 Å². The van der Waals surface area contributed by atoms with E-state index in [2.05, 4.69) is 39.5 Å². The van der Waals surface area contributed by atoms with Crippen molar-refractivity contribution in [2.24, 2.45) is 17.1 Å². The van der Waals surface area contributed by atoms with Crippen molar-refractivity contribution >= 4 is 11.8 Å². The Labute approximate surface area is 106 Å². The molecule has 1 rings (SSSR count). The van der Waals surface area contributed by atoms with E-state index in [1.807, 2.05) is 0 Å². The molecular weight excluding hydrogens is 214 g/mol. The zero-order valence-electron chi connectivity index (χ0n) is 11.5. The van der Waals surface area contributed by atoms with Crippen LogP contribution in [0.4, 0.5) is 0 Å². The second kappa shape index (κ2) is 6.30. The van der Waals surface area contributed by atoms with Gasteiger partial charge in [-0.1, -0.05) is 34.1 Å². The second-order valence-electron chi connectivity index (χ2n) is 6.30. The second-order valence-corrected chi connectivity index (χ2v) is 7.65. The number of thioether (sulfide) groups is 1. The summed E-state index contributed by atoms with van der Waals surface area (Å²) in [5, 5.41) is 0.713. The highest BCUT2D eigenvalue weighted by Crippen LogP contribution is 2.41. The van der Waals surface area contributed by atoms with Crippen molar-refractivity contribution in [1.82, 2.24) is 0 Å². The van der Waals surface area contributed by atoms with Gasteiger partial charge in [-0.15, -0.1) is 0 Å². The van der Waals surface area contributed by atoms with Gasteiger partial charge < -0.3 is 5.73 Å². The average Bonchev–Trinajstić information content (AvgIpc) is 2.19. The van der Waals surface area contributed by atoms with E-state index in [0.29, 0.717) is 16.7 Å². The van der Waals surface area contributed by atoms with Gasteiger partial charge in [0.05, 0.1) is 0 Å². The lowest BCUT2D eigenvalue weighted by Gasteiger charge is -2.40. The van der Waals surface area contributed by atoms with Gasteiger partial charge >= 0.3 is 0 Å². The normalized spacial score (nSPS) is 31.7. The minimum atomic E-state index is 0.445. The molecule has 1 aliphatic rings. The Hall–Kier alpha value is 0.310. The maximum absolute atomic E-state index is 6.25. The Kier molecular flexibility index (Phi) is 5.66. The maximum atomic E-state index is 6.25. The van der Waals surface area contributed by atoms with Gasteiger partial charge in [0.2, 0.25) is 0 Å². The van der Waals surface area contributed by atoms with Crippen molar-refractivity contribution in [2.45, 2.75) is 71.1 Å². The van der Waals surface area contributed by atoms with E-state index in [0.717, 1.165) is 5.92 Å². The van der Waals surface area contributed by atoms with Crippen LogP contribution in [0.15, 0.2) is 0 Å². The van der Waals surface area contributed by atoms with Crippen LogP contribution in [-0.4, -0.2) is 17.0 Å². The molecule has 96 valence electrons. The van der Waals surface area contributed by atoms with Gasteiger partial charge in [0.1, 0.15) is 0 Å². The first-order valence-corrected chi connectivity index (χ1v) is 7.87. The molecule has 0 aromatic rings. The lowest BCUT2D eigenvalue weighted by Crippen LogP contribution is -2.41.